The minimum atomic E-state index is -1.21. The second-order valence-corrected chi connectivity index (χ2v) is 10.3. The number of imidazole rings is 1. The van der Waals surface area contributed by atoms with Crippen molar-refractivity contribution in [3.8, 4) is 0 Å². The second-order valence-electron chi connectivity index (χ2n) is 7.98. The van der Waals surface area contributed by atoms with Crippen LogP contribution in [0, 0.1) is 6.92 Å². The van der Waals surface area contributed by atoms with Crippen LogP contribution in [0.25, 0.3) is 21.4 Å². The average Bonchev–Trinajstić information content (AvgIpc) is 3.48. The van der Waals surface area contributed by atoms with Crippen molar-refractivity contribution < 1.29 is 20.1 Å². The molecule has 12 heteroatoms. The van der Waals surface area contributed by atoms with Crippen LogP contribution in [-0.2, 0) is 4.74 Å². The number of aliphatic hydroxyl groups is 3. The van der Waals surface area contributed by atoms with E-state index in [2.05, 4.69) is 38.2 Å². The summed E-state index contributed by atoms with van der Waals surface area (Å²) in [5.74, 6) is 1.89. The first-order chi connectivity index (χ1) is 15.9. The van der Waals surface area contributed by atoms with Gasteiger partial charge in [-0.25, -0.2) is 19.9 Å². The van der Waals surface area contributed by atoms with Crippen molar-refractivity contribution in [2.24, 2.45) is 0 Å². The summed E-state index contributed by atoms with van der Waals surface area (Å²) in [6.07, 6.45) is -2.68. The molecule has 0 saturated carbocycles. The number of para-hydroxylation sites is 1. The Bertz CT molecular complexity index is 1250. The first kappa shape index (κ1) is 22.4. The number of thiazole rings is 1. The Morgan fingerprint density at radius 1 is 1.21 bits per heavy atom. The van der Waals surface area contributed by atoms with Crippen LogP contribution in [0.15, 0.2) is 34.9 Å². The van der Waals surface area contributed by atoms with E-state index in [0.29, 0.717) is 22.8 Å². The topological polar surface area (TPSA) is 138 Å². The first-order valence-electron chi connectivity index (χ1n) is 10.5. The number of hydrogen-bond acceptors (Lipinski definition) is 11. The Labute approximate surface area is 197 Å². The normalized spacial score (nSPS) is 24.0. The highest BCUT2D eigenvalue weighted by Crippen LogP contribution is 2.33. The van der Waals surface area contributed by atoms with Crippen molar-refractivity contribution in [2.75, 3.05) is 17.7 Å². The molecule has 3 aromatic heterocycles. The molecule has 10 nitrogen and oxygen atoms in total. The Morgan fingerprint density at radius 2 is 2.03 bits per heavy atom. The molecule has 5 rings (SSSR count). The Hall–Kier alpha value is -2.35. The SMILES string of the molecule is Cc1nc(NC(C)CSc2nc3ccccc3s2)c2ncn([C@@H]3O[C@H](CO)C(O)C3O)c2n1. The molecule has 5 atom stereocenters. The van der Waals surface area contributed by atoms with Gasteiger partial charge in [0.15, 0.2) is 27.5 Å². The monoisotopic (exact) mass is 488 g/mol. The van der Waals surface area contributed by atoms with Gasteiger partial charge in [-0.15, -0.1) is 11.3 Å². The summed E-state index contributed by atoms with van der Waals surface area (Å²) in [4.78, 5) is 18.1. The third kappa shape index (κ3) is 4.29. The lowest BCUT2D eigenvalue weighted by Crippen LogP contribution is -2.33. The summed E-state index contributed by atoms with van der Waals surface area (Å²) in [7, 11) is 0. The lowest BCUT2D eigenvalue weighted by molar-refractivity contribution is -0.0511. The molecule has 4 N–H and O–H groups in total. The van der Waals surface area contributed by atoms with Gasteiger partial charge in [-0.1, -0.05) is 23.9 Å². The van der Waals surface area contributed by atoms with Crippen molar-refractivity contribution in [1.29, 1.82) is 0 Å². The lowest BCUT2D eigenvalue weighted by Gasteiger charge is -2.17. The quantitative estimate of drug-likeness (QED) is 0.286. The molecule has 1 fully saturated rings. The van der Waals surface area contributed by atoms with E-state index in [1.54, 1.807) is 34.6 Å². The zero-order chi connectivity index (χ0) is 23.1. The van der Waals surface area contributed by atoms with Gasteiger partial charge in [-0.3, -0.25) is 4.57 Å². The smallest absolute Gasteiger partial charge is 0.167 e. The van der Waals surface area contributed by atoms with E-state index >= 15 is 0 Å². The number of aliphatic hydroxyl groups excluding tert-OH is 3. The van der Waals surface area contributed by atoms with Gasteiger partial charge in [-0.05, 0) is 26.0 Å². The Balaban J connectivity index is 1.34. The van der Waals surface area contributed by atoms with Crippen molar-refractivity contribution in [2.45, 2.75) is 48.8 Å². The van der Waals surface area contributed by atoms with Crippen LogP contribution in [0.1, 0.15) is 19.0 Å². The van der Waals surface area contributed by atoms with Gasteiger partial charge in [0.25, 0.3) is 0 Å². The maximum Gasteiger partial charge on any atom is 0.167 e. The molecule has 1 saturated heterocycles. The molecule has 4 aromatic rings. The lowest BCUT2D eigenvalue weighted by atomic mass is 10.1. The second kappa shape index (κ2) is 9.12. The number of aromatic nitrogens is 5. The minimum absolute atomic E-state index is 0.0681. The fourth-order valence-corrected chi connectivity index (χ4v) is 5.85. The number of anilines is 1. The van der Waals surface area contributed by atoms with Gasteiger partial charge in [0.1, 0.15) is 24.1 Å². The molecular weight excluding hydrogens is 464 g/mol. The zero-order valence-electron chi connectivity index (χ0n) is 18.0. The van der Waals surface area contributed by atoms with Gasteiger partial charge < -0.3 is 25.4 Å². The summed E-state index contributed by atoms with van der Waals surface area (Å²) < 4.78 is 9.40. The molecule has 4 heterocycles. The summed E-state index contributed by atoms with van der Waals surface area (Å²) in [6, 6.07) is 8.16. The standard InChI is InChI=1S/C21H24N6O4S2/c1-10(8-32-21-26-12-5-3-4-6-14(12)33-21)23-18-15-19(25-11(2)24-18)27(9-22-15)20-17(30)16(29)13(7-28)31-20/h3-6,9-10,13,16-17,20,28-30H,7-8H2,1-2H3,(H,23,24,25)/t10?,13-,16?,17?,20-/m1/s1. The predicted octanol–water partition coefficient (Wildman–Crippen LogP) is 1.95. The molecule has 33 heavy (non-hydrogen) atoms. The zero-order valence-corrected chi connectivity index (χ0v) is 19.6. The van der Waals surface area contributed by atoms with Gasteiger partial charge >= 0.3 is 0 Å². The summed E-state index contributed by atoms with van der Waals surface area (Å²) in [6.45, 7) is 3.44. The van der Waals surface area contributed by atoms with Crippen LogP contribution < -0.4 is 5.32 Å². The average molecular weight is 489 g/mol. The van der Waals surface area contributed by atoms with E-state index in [1.165, 1.54) is 11.0 Å². The van der Waals surface area contributed by atoms with Gasteiger partial charge in [-0.2, -0.15) is 0 Å². The number of fused-ring (bicyclic) bond motifs is 2. The third-order valence-corrected chi connectivity index (χ3v) is 7.88. The highest BCUT2D eigenvalue weighted by molar-refractivity contribution is 8.01. The van der Waals surface area contributed by atoms with E-state index in [0.717, 1.165) is 15.6 Å². The number of aryl methyl sites for hydroxylation is 1. The van der Waals surface area contributed by atoms with Gasteiger partial charge in [0, 0.05) is 11.8 Å². The minimum Gasteiger partial charge on any atom is -0.394 e. The highest BCUT2D eigenvalue weighted by atomic mass is 32.2. The number of hydrogen-bond donors (Lipinski definition) is 4. The van der Waals surface area contributed by atoms with Gasteiger partial charge in [0.05, 0.1) is 23.2 Å². The maximum atomic E-state index is 10.4. The third-order valence-electron chi connectivity index (χ3n) is 5.44. The van der Waals surface area contributed by atoms with E-state index in [4.69, 9.17) is 4.74 Å². The predicted molar refractivity (Wildman–Crippen MR) is 126 cm³/mol. The largest absolute Gasteiger partial charge is 0.394 e. The number of thioether (sulfide) groups is 1. The number of ether oxygens (including phenoxy) is 1. The summed E-state index contributed by atoms with van der Waals surface area (Å²) in [5, 5.41) is 33.3. The molecule has 174 valence electrons. The first-order valence-corrected chi connectivity index (χ1v) is 12.3. The van der Waals surface area contributed by atoms with Crippen LogP contribution in [-0.4, -0.2) is 76.5 Å². The molecule has 0 aliphatic carbocycles. The molecule has 0 radical (unpaired) electrons. The molecule has 1 aliphatic heterocycles. The Morgan fingerprint density at radius 3 is 2.79 bits per heavy atom. The van der Waals surface area contributed by atoms with E-state index in [-0.39, 0.29) is 6.04 Å². The number of rotatable bonds is 7. The molecule has 0 bridgehead atoms. The highest BCUT2D eigenvalue weighted by Gasteiger charge is 2.44. The fraction of sp³-hybridized carbons (Fsp3) is 0.429. The van der Waals surface area contributed by atoms with E-state index in [1.807, 2.05) is 18.2 Å². The van der Waals surface area contributed by atoms with Crippen LogP contribution in [0.2, 0.25) is 0 Å². The maximum absolute atomic E-state index is 10.4. The fourth-order valence-electron chi connectivity index (χ4n) is 3.81. The number of nitrogens with zero attached hydrogens (tertiary/aromatic N) is 5. The molecule has 0 spiro atoms. The molecule has 1 aromatic carbocycles. The Kier molecular flexibility index (Phi) is 6.20. The van der Waals surface area contributed by atoms with Crippen molar-refractivity contribution >= 4 is 50.3 Å². The summed E-state index contributed by atoms with van der Waals surface area (Å²) in [5.41, 5.74) is 2.02. The molecule has 1 aliphatic rings. The summed E-state index contributed by atoms with van der Waals surface area (Å²) >= 11 is 3.36. The van der Waals surface area contributed by atoms with E-state index < -0.39 is 31.1 Å². The van der Waals surface area contributed by atoms with Crippen molar-refractivity contribution in [3.05, 3.63) is 36.4 Å². The van der Waals surface area contributed by atoms with Crippen LogP contribution in [0.5, 0.6) is 0 Å². The van der Waals surface area contributed by atoms with Crippen LogP contribution >= 0.6 is 23.1 Å². The van der Waals surface area contributed by atoms with Gasteiger partial charge in [0.2, 0.25) is 0 Å². The number of nitrogens with one attached hydrogen (secondary N) is 1. The molecular formula is C21H24N6O4S2. The van der Waals surface area contributed by atoms with Crippen LogP contribution in [0.3, 0.4) is 0 Å². The number of benzene rings is 1. The molecule has 0 amide bonds. The van der Waals surface area contributed by atoms with E-state index in [9.17, 15) is 15.3 Å². The van der Waals surface area contributed by atoms with Crippen molar-refractivity contribution in [1.82, 2.24) is 24.5 Å². The molecule has 3 unspecified atom stereocenters. The van der Waals surface area contributed by atoms with Crippen molar-refractivity contribution in [3.63, 3.8) is 0 Å². The van der Waals surface area contributed by atoms with Crippen LogP contribution in [0.4, 0.5) is 5.82 Å².